The van der Waals surface area contributed by atoms with E-state index in [1.807, 2.05) is 12.1 Å². The van der Waals surface area contributed by atoms with Crippen molar-refractivity contribution in [3.63, 3.8) is 0 Å². The van der Waals surface area contributed by atoms with E-state index in [9.17, 15) is 9.59 Å². The van der Waals surface area contributed by atoms with Gasteiger partial charge < -0.3 is 23.9 Å². The number of benzene rings is 1. The van der Waals surface area contributed by atoms with Gasteiger partial charge in [0.05, 0.1) is 25.9 Å². The second kappa shape index (κ2) is 8.10. The number of hydrogen-bond donors (Lipinski definition) is 1. The lowest BCUT2D eigenvalue weighted by atomic mass is 10.1. The monoisotopic (exact) mass is 381 g/mol. The number of anilines is 1. The molecule has 4 rings (SSSR count). The predicted octanol–water partition coefficient (Wildman–Crippen LogP) is 2.59. The van der Waals surface area contributed by atoms with Gasteiger partial charge in [-0.1, -0.05) is 17.3 Å². The molecule has 1 fully saturated rings. The van der Waals surface area contributed by atoms with Crippen LogP contribution >= 0.6 is 0 Å². The molecule has 3 aromatic rings. The lowest BCUT2D eigenvalue weighted by molar-refractivity contribution is -0.134. The summed E-state index contributed by atoms with van der Waals surface area (Å²) in [5, 5.41) is 6.53. The maximum atomic E-state index is 12.3. The Kier molecular flexibility index (Phi) is 5.20. The van der Waals surface area contributed by atoms with Crippen molar-refractivity contribution in [2.24, 2.45) is 0 Å². The molecule has 0 saturated carbocycles. The molecule has 0 unspecified atom stereocenters. The lowest BCUT2D eigenvalue weighted by Crippen LogP contribution is -2.41. The molecule has 3 heterocycles. The summed E-state index contributed by atoms with van der Waals surface area (Å²) in [6.45, 7) is 2.43. The third-order valence-corrected chi connectivity index (χ3v) is 4.44. The van der Waals surface area contributed by atoms with Crippen LogP contribution in [0.25, 0.3) is 11.5 Å². The van der Waals surface area contributed by atoms with E-state index < -0.39 is 5.91 Å². The molecule has 1 saturated heterocycles. The Bertz CT molecular complexity index is 941. The number of nitrogens with zero attached hydrogens (tertiary/aromatic N) is 2. The first-order valence-corrected chi connectivity index (χ1v) is 8.95. The van der Waals surface area contributed by atoms with E-state index in [1.54, 1.807) is 29.2 Å². The highest BCUT2D eigenvalue weighted by Gasteiger charge is 2.18. The molecule has 0 atom stereocenters. The van der Waals surface area contributed by atoms with E-state index in [4.69, 9.17) is 13.7 Å². The summed E-state index contributed by atoms with van der Waals surface area (Å²) in [6, 6.07) is 12.1. The zero-order chi connectivity index (χ0) is 19.3. The highest BCUT2D eigenvalue weighted by atomic mass is 16.5. The minimum Gasteiger partial charge on any atom is -0.461 e. The van der Waals surface area contributed by atoms with Crippen molar-refractivity contribution < 1.29 is 23.3 Å². The summed E-state index contributed by atoms with van der Waals surface area (Å²) in [5.74, 6) is 0.569. The smallest absolute Gasteiger partial charge is 0.277 e. The van der Waals surface area contributed by atoms with E-state index in [0.29, 0.717) is 49.9 Å². The number of amides is 2. The second-order valence-electron chi connectivity index (χ2n) is 6.37. The normalized spacial score (nSPS) is 14.1. The van der Waals surface area contributed by atoms with Gasteiger partial charge in [-0.05, 0) is 29.8 Å². The highest BCUT2D eigenvalue weighted by Crippen LogP contribution is 2.21. The Balaban J connectivity index is 1.35. The third kappa shape index (κ3) is 4.12. The zero-order valence-corrected chi connectivity index (χ0v) is 15.1. The molecule has 1 aliphatic rings. The number of hydrogen-bond acceptors (Lipinski definition) is 6. The summed E-state index contributed by atoms with van der Waals surface area (Å²) in [6.07, 6.45) is 1.84. The number of rotatable bonds is 5. The van der Waals surface area contributed by atoms with Crippen LogP contribution in [0.5, 0.6) is 0 Å². The summed E-state index contributed by atoms with van der Waals surface area (Å²) >= 11 is 0. The van der Waals surface area contributed by atoms with Crippen molar-refractivity contribution in [1.29, 1.82) is 0 Å². The molecule has 8 nitrogen and oxygen atoms in total. The number of carbonyl (C=O) groups is 2. The average molecular weight is 381 g/mol. The number of nitrogens with one attached hydrogen (secondary N) is 1. The minimum atomic E-state index is -0.390. The molecule has 2 amide bonds. The highest BCUT2D eigenvalue weighted by molar-refractivity contribution is 6.03. The van der Waals surface area contributed by atoms with Crippen molar-refractivity contribution in [2.45, 2.75) is 6.42 Å². The Labute approximate surface area is 161 Å². The van der Waals surface area contributed by atoms with Gasteiger partial charge in [0.25, 0.3) is 5.91 Å². The first kappa shape index (κ1) is 18.0. The second-order valence-corrected chi connectivity index (χ2v) is 6.37. The fourth-order valence-corrected chi connectivity index (χ4v) is 2.92. The quantitative estimate of drug-likeness (QED) is 0.729. The summed E-state index contributed by atoms with van der Waals surface area (Å²) < 4.78 is 15.6. The first-order valence-electron chi connectivity index (χ1n) is 8.95. The first-order chi connectivity index (χ1) is 13.7. The van der Waals surface area contributed by atoms with Crippen molar-refractivity contribution in [3.8, 4) is 11.5 Å². The summed E-state index contributed by atoms with van der Waals surface area (Å²) in [7, 11) is 0. The van der Waals surface area contributed by atoms with Crippen molar-refractivity contribution in [3.05, 3.63) is 60.0 Å². The lowest BCUT2D eigenvalue weighted by Gasteiger charge is -2.26. The molecule has 0 spiro atoms. The van der Waals surface area contributed by atoms with Crippen molar-refractivity contribution in [1.82, 2.24) is 10.1 Å². The molecule has 144 valence electrons. The molecule has 1 aliphatic heterocycles. The molecule has 1 N–H and O–H groups in total. The number of carbonyl (C=O) groups excluding carboxylic acids is 2. The molecule has 0 bridgehead atoms. The Morgan fingerprint density at radius 2 is 1.86 bits per heavy atom. The maximum Gasteiger partial charge on any atom is 0.277 e. The molecular weight excluding hydrogens is 362 g/mol. The van der Waals surface area contributed by atoms with Crippen LogP contribution in [-0.4, -0.2) is 48.2 Å². The van der Waals surface area contributed by atoms with Gasteiger partial charge in [-0.3, -0.25) is 9.59 Å². The molecule has 0 radical (unpaired) electrons. The van der Waals surface area contributed by atoms with Crippen molar-refractivity contribution in [2.75, 3.05) is 31.6 Å². The fraction of sp³-hybridized carbons (Fsp3) is 0.250. The van der Waals surface area contributed by atoms with Gasteiger partial charge in [-0.15, -0.1) is 0 Å². The van der Waals surface area contributed by atoms with Gasteiger partial charge >= 0.3 is 0 Å². The minimum absolute atomic E-state index is 0.0770. The standard InChI is InChI=1S/C20H19N3O5/c24-19(23-7-10-26-11-8-23)12-14-3-5-15(6-4-14)21-20(25)16-13-18(28-22-16)17-2-1-9-27-17/h1-6,9,13H,7-8,10-12H2,(H,21,25). The molecular formula is C20H19N3O5. The van der Waals surface area contributed by atoms with Gasteiger partial charge in [-0.25, -0.2) is 0 Å². The SMILES string of the molecule is O=C(Nc1ccc(CC(=O)N2CCOCC2)cc1)c1cc(-c2ccco2)on1. The largest absolute Gasteiger partial charge is 0.461 e. The Morgan fingerprint density at radius 3 is 2.57 bits per heavy atom. The van der Waals surface area contributed by atoms with E-state index in [-0.39, 0.29) is 11.6 Å². The van der Waals surface area contributed by atoms with Crippen LogP contribution in [0.2, 0.25) is 0 Å². The van der Waals surface area contributed by atoms with Crippen LogP contribution in [0.4, 0.5) is 5.69 Å². The van der Waals surface area contributed by atoms with Gasteiger partial charge in [0.2, 0.25) is 11.7 Å². The van der Waals surface area contributed by atoms with E-state index in [2.05, 4.69) is 10.5 Å². The van der Waals surface area contributed by atoms with E-state index in [0.717, 1.165) is 5.56 Å². The van der Waals surface area contributed by atoms with Crippen molar-refractivity contribution >= 4 is 17.5 Å². The van der Waals surface area contributed by atoms with Gasteiger partial charge in [-0.2, -0.15) is 0 Å². The van der Waals surface area contributed by atoms with E-state index >= 15 is 0 Å². The van der Waals surface area contributed by atoms with E-state index in [1.165, 1.54) is 12.3 Å². The molecule has 28 heavy (non-hydrogen) atoms. The summed E-state index contributed by atoms with van der Waals surface area (Å²) in [4.78, 5) is 26.4. The zero-order valence-electron chi connectivity index (χ0n) is 15.1. The van der Waals surface area contributed by atoms with Gasteiger partial charge in [0.15, 0.2) is 11.5 Å². The van der Waals surface area contributed by atoms with Crippen LogP contribution in [-0.2, 0) is 16.0 Å². The molecule has 1 aromatic carbocycles. The van der Waals surface area contributed by atoms with Crippen LogP contribution in [0, 0.1) is 0 Å². The predicted molar refractivity (Wildman–Crippen MR) is 99.7 cm³/mol. The molecule has 2 aromatic heterocycles. The maximum absolute atomic E-state index is 12.3. The molecule has 8 heteroatoms. The van der Waals surface area contributed by atoms with Gasteiger partial charge in [0.1, 0.15) is 0 Å². The number of morpholine rings is 1. The topological polar surface area (TPSA) is 97.8 Å². The number of aromatic nitrogens is 1. The average Bonchev–Trinajstić information content (AvgIpc) is 3.42. The van der Waals surface area contributed by atoms with Gasteiger partial charge in [0, 0.05) is 24.8 Å². The molecule has 0 aliphatic carbocycles. The Hall–Kier alpha value is -3.39. The third-order valence-electron chi connectivity index (χ3n) is 4.44. The van der Waals surface area contributed by atoms with Crippen LogP contribution < -0.4 is 5.32 Å². The number of ether oxygens (including phenoxy) is 1. The fourth-order valence-electron chi connectivity index (χ4n) is 2.92. The van der Waals surface area contributed by atoms with Crippen LogP contribution in [0.3, 0.4) is 0 Å². The van der Waals surface area contributed by atoms with Crippen LogP contribution in [0.15, 0.2) is 57.7 Å². The Morgan fingerprint density at radius 1 is 1.07 bits per heavy atom. The summed E-state index contributed by atoms with van der Waals surface area (Å²) in [5.41, 5.74) is 1.64. The van der Waals surface area contributed by atoms with Crippen LogP contribution in [0.1, 0.15) is 16.1 Å². The number of furan rings is 1.